The summed E-state index contributed by atoms with van der Waals surface area (Å²) < 4.78 is 0. The summed E-state index contributed by atoms with van der Waals surface area (Å²) >= 11 is 2.08. The average Bonchev–Trinajstić information content (AvgIpc) is 2.65. The molecule has 0 aliphatic carbocycles. The molecule has 128 valence electrons. The third kappa shape index (κ3) is 6.20. The van der Waals surface area contributed by atoms with E-state index in [4.69, 9.17) is 0 Å². The molecule has 1 heteroatoms. The first-order valence-corrected chi connectivity index (χ1v) is 10.4. The summed E-state index contributed by atoms with van der Waals surface area (Å²) in [5.41, 5.74) is 3.97. The lowest BCUT2D eigenvalue weighted by Gasteiger charge is -2.13. The quantitative estimate of drug-likeness (QED) is 0.417. The molecule has 0 spiro atoms. The van der Waals surface area contributed by atoms with E-state index in [-0.39, 0.29) is 0 Å². The zero-order valence-electron chi connectivity index (χ0n) is 15.1. The summed E-state index contributed by atoms with van der Waals surface area (Å²) in [6, 6.07) is 21.5. The minimum absolute atomic E-state index is 0.875. The summed E-state index contributed by atoms with van der Waals surface area (Å²) in [4.78, 5) is 0. The molecule has 0 saturated heterocycles. The standard InChI is InChI=1S/C23H30S/c1-3-5-12-20(4-2)19-24-18-17-23(21-13-8-6-9-14-21)22-15-10-7-11-16-22/h6-11,13-17,20H,3-5,12,18-19H2,1-2H3. The molecule has 2 aromatic carbocycles. The van der Waals surface area contributed by atoms with Crippen molar-refractivity contribution in [1.29, 1.82) is 0 Å². The number of thioether (sulfide) groups is 1. The van der Waals surface area contributed by atoms with Crippen LogP contribution in [0.5, 0.6) is 0 Å². The molecule has 0 aromatic heterocycles. The SMILES string of the molecule is CCCCC(CC)CSCC=C(c1ccccc1)c1ccccc1. The second kappa shape index (κ2) is 11.1. The van der Waals surface area contributed by atoms with Gasteiger partial charge in [0.1, 0.15) is 0 Å². The molecule has 0 N–H and O–H groups in total. The van der Waals surface area contributed by atoms with Gasteiger partial charge >= 0.3 is 0 Å². The van der Waals surface area contributed by atoms with Crippen LogP contribution in [0.25, 0.3) is 5.57 Å². The van der Waals surface area contributed by atoms with Crippen molar-refractivity contribution in [3.63, 3.8) is 0 Å². The molecule has 0 nitrogen and oxygen atoms in total. The largest absolute Gasteiger partial charge is 0.158 e. The lowest BCUT2D eigenvalue weighted by Crippen LogP contribution is -2.02. The summed E-state index contributed by atoms with van der Waals surface area (Å²) in [5, 5.41) is 0. The van der Waals surface area contributed by atoms with Gasteiger partial charge in [-0.15, -0.1) is 0 Å². The molecule has 0 aliphatic rings. The van der Waals surface area contributed by atoms with Crippen molar-refractivity contribution in [3.8, 4) is 0 Å². The van der Waals surface area contributed by atoms with Gasteiger partial charge in [-0.2, -0.15) is 11.8 Å². The summed E-state index contributed by atoms with van der Waals surface area (Å²) in [7, 11) is 0. The van der Waals surface area contributed by atoms with E-state index in [1.807, 2.05) is 0 Å². The highest BCUT2D eigenvalue weighted by Gasteiger charge is 2.07. The van der Waals surface area contributed by atoms with Gasteiger partial charge in [0.15, 0.2) is 0 Å². The van der Waals surface area contributed by atoms with Gasteiger partial charge in [-0.1, -0.05) is 99.8 Å². The van der Waals surface area contributed by atoms with Crippen LogP contribution < -0.4 is 0 Å². The van der Waals surface area contributed by atoms with Crippen molar-refractivity contribution < 1.29 is 0 Å². The second-order valence-corrected chi connectivity index (χ2v) is 7.38. The fourth-order valence-electron chi connectivity index (χ4n) is 2.91. The van der Waals surface area contributed by atoms with Crippen molar-refractivity contribution in [2.45, 2.75) is 39.5 Å². The minimum atomic E-state index is 0.875. The van der Waals surface area contributed by atoms with Gasteiger partial charge in [-0.05, 0) is 34.8 Å². The van der Waals surface area contributed by atoms with E-state index in [0.717, 1.165) is 11.7 Å². The van der Waals surface area contributed by atoms with Crippen LogP contribution in [0.1, 0.15) is 50.7 Å². The van der Waals surface area contributed by atoms with Gasteiger partial charge < -0.3 is 0 Å². The first kappa shape index (κ1) is 18.9. The molecule has 0 radical (unpaired) electrons. The Balaban J connectivity index is 2.01. The van der Waals surface area contributed by atoms with E-state index >= 15 is 0 Å². The fourth-order valence-corrected chi connectivity index (χ4v) is 4.07. The Labute approximate surface area is 152 Å². The van der Waals surface area contributed by atoms with E-state index in [0.29, 0.717) is 0 Å². The third-order valence-corrected chi connectivity index (χ3v) is 5.58. The molecule has 2 rings (SSSR count). The maximum absolute atomic E-state index is 2.40. The Hall–Kier alpha value is -1.47. The topological polar surface area (TPSA) is 0 Å². The van der Waals surface area contributed by atoms with Gasteiger partial charge in [0.2, 0.25) is 0 Å². The summed E-state index contributed by atoms with van der Waals surface area (Å²) in [6.45, 7) is 4.62. The molecule has 24 heavy (non-hydrogen) atoms. The van der Waals surface area contributed by atoms with Crippen molar-refractivity contribution in [2.75, 3.05) is 11.5 Å². The van der Waals surface area contributed by atoms with Gasteiger partial charge in [0.05, 0.1) is 0 Å². The lowest BCUT2D eigenvalue weighted by molar-refractivity contribution is 0.500. The monoisotopic (exact) mass is 338 g/mol. The number of rotatable bonds is 10. The average molecular weight is 339 g/mol. The second-order valence-electron chi connectivity index (χ2n) is 6.30. The lowest BCUT2D eigenvalue weighted by atomic mass is 9.98. The molecule has 0 bridgehead atoms. The third-order valence-electron chi connectivity index (χ3n) is 4.47. The molecule has 0 fully saturated rings. The number of hydrogen-bond acceptors (Lipinski definition) is 1. The first-order valence-electron chi connectivity index (χ1n) is 9.23. The molecular formula is C23H30S. The molecule has 1 unspecified atom stereocenters. The van der Waals surface area contributed by atoms with E-state index in [9.17, 15) is 0 Å². The summed E-state index contributed by atoms with van der Waals surface area (Å²) in [6.07, 6.45) is 7.78. The fraction of sp³-hybridized carbons (Fsp3) is 0.391. The predicted molar refractivity (Wildman–Crippen MR) is 111 cm³/mol. The van der Waals surface area contributed by atoms with E-state index in [2.05, 4.69) is 92.3 Å². The van der Waals surface area contributed by atoms with Crippen molar-refractivity contribution in [1.82, 2.24) is 0 Å². The van der Waals surface area contributed by atoms with E-state index in [1.165, 1.54) is 48.1 Å². The first-order chi connectivity index (χ1) is 11.8. The zero-order chi connectivity index (χ0) is 17.0. The van der Waals surface area contributed by atoms with E-state index < -0.39 is 0 Å². The van der Waals surface area contributed by atoms with Crippen LogP contribution in [0, 0.1) is 5.92 Å². The maximum Gasteiger partial charge on any atom is 0.0122 e. The molecule has 0 amide bonds. The minimum Gasteiger partial charge on any atom is -0.158 e. The molecule has 0 saturated carbocycles. The van der Waals surface area contributed by atoms with Crippen molar-refractivity contribution >= 4 is 17.3 Å². The molecule has 2 aromatic rings. The van der Waals surface area contributed by atoms with Gasteiger partial charge in [0.25, 0.3) is 0 Å². The highest BCUT2D eigenvalue weighted by Crippen LogP contribution is 2.25. The number of hydrogen-bond donors (Lipinski definition) is 0. The zero-order valence-corrected chi connectivity index (χ0v) is 15.9. The highest BCUT2D eigenvalue weighted by molar-refractivity contribution is 7.99. The van der Waals surface area contributed by atoms with Crippen LogP contribution >= 0.6 is 11.8 Å². The molecular weight excluding hydrogens is 308 g/mol. The van der Waals surface area contributed by atoms with Gasteiger partial charge in [-0.3, -0.25) is 0 Å². The van der Waals surface area contributed by atoms with Crippen LogP contribution in [0.3, 0.4) is 0 Å². The molecule has 1 atom stereocenters. The van der Waals surface area contributed by atoms with E-state index in [1.54, 1.807) is 0 Å². The summed E-state index contributed by atoms with van der Waals surface area (Å²) in [5.74, 6) is 3.24. The Bertz CT molecular complexity index is 544. The highest BCUT2D eigenvalue weighted by atomic mass is 32.2. The Kier molecular flexibility index (Phi) is 8.76. The molecule has 0 aliphatic heterocycles. The Morgan fingerprint density at radius 3 is 2.00 bits per heavy atom. The van der Waals surface area contributed by atoms with Gasteiger partial charge in [0, 0.05) is 5.75 Å². The number of unbranched alkanes of at least 4 members (excludes halogenated alkanes) is 1. The molecule has 0 heterocycles. The smallest absolute Gasteiger partial charge is 0.0122 e. The Morgan fingerprint density at radius 1 is 0.917 bits per heavy atom. The van der Waals surface area contributed by atoms with Crippen LogP contribution in [-0.2, 0) is 0 Å². The predicted octanol–water partition coefficient (Wildman–Crippen LogP) is 7.07. The Morgan fingerprint density at radius 2 is 1.50 bits per heavy atom. The van der Waals surface area contributed by atoms with Crippen molar-refractivity contribution in [2.24, 2.45) is 5.92 Å². The van der Waals surface area contributed by atoms with Crippen LogP contribution in [0.4, 0.5) is 0 Å². The van der Waals surface area contributed by atoms with Crippen LogP contribution in [0.15, 0.2) is 66.7 Å². The van der Waals surface area contributed by atoms with Crippen LogP contribution in [-0.4, -0.2) is 11.5 Å². The normalized spacial score (nSPS) is 11.9. The maximum atomic E-state index is 2.40. The van der Waals surface area contributed by atoms with Crippen LogP contribution in [0.2, 0.25) is 0 Å². The number of benzene rings is 2. The van der Waals surface area contributed by atoms with Gasteiger partial charge in [-0.25, -0.2) is 0 Å². The van der Waals surface area contributed by atoms with Crippen molar-refractivity contribution in [3.05, 3.63) is 77.9 Å².